The van der Waals surface area contributed by atoms with Crippen LogP contribution in [-0.2, 0) is 6.54 Å². The molecule has 1 aliphatic rings. The van der Waals surface area contributed by atoms with Gasteiger partial charge in [0.2, 0.25) is 0 Å². The lowest BCUT2D eigenvalue weighted by Gasteiger charge is -2.37. The maximum Gasteiger partial charge on any atom is 0.0271 e. The molecule has 1 heterocycles. The topological polar surface area (TPSA) is 42.2 Å². The summed E-state index contributed by atoms with van der Waals surface area (Å²) in [6.07, 6.45) is 8.78. The number of nitrogens with zero attached hydrogens (tertiary/aromatic N) is 2. The van der Waals surface area contributed by atoms with Crippen LogP contribution in [0.3, 0.4) is 0 Å². The van der Waals surface area contributed by atoms with Gasteiger partial charge in [0.15, 0.2) is 0 Å². The van der Waals surface area contributed by atoms with Gasteiger partial charge >= 0.3 is 0 Å². The van der Waals surface area contributed by atoms with E-state index in [2.05, 4.69) is 28.9 Å². The number of pyridine rings is 1. The van der Waals surface area contributed by atoms with Gasteiger partial charge < -0.3 is 5.73 Å². The highest BCUT2D eigenvalue weighted by Crippen LogP contribution is 2.23. The summed E-state index contributed by atoms with van der Waals surface area (Å²) in [5, 5.41) is 0. The second-order valence-electron chi connectivity index (χ2n) is 4.93. The van der Waals surface area contributed by atoms with Gasteiger partial charge in [-0.3, -0.25) is 9.88 Å². The van der Waals surface area contributed by atoms with Gasteiger partial charge in [-0.15, -0.1) is 0 Å². The highest BCUT2D eigenvalue weighted by Gasteiger charge is 2.26. The Hall–Kier alpha value is -0.930. The summed E-state index contributed by atoms with van der Waals surface area (Å²) in [5.41, 5.74) is 7.59. The van der Waals surface area contributed by atoms with Crippen LogP contribution in [0.5, 0.6) is 0 Å². The van der Waals surface area contributed by atoms with E-state index in [0.717, 1.165) is 13.1 Å². The van der Waals surface area contributed by atoms with Crippen molar-refractivity contribution in [3.63, 3.8) is 0 Å². The molecule has 0 saturated heterocycles. The number of likely N-dealkylation sites (N-methyl/N-ethyl adjacent to an activating group) is 1. The van der Waals surface area contributed by atoms with E-state index in [4.69, 9.17) is 5.73 Å². The van der Waals surface area contributed by atoms with Crippen LogP contribution in [0.4, 0.5) is 0 Å². The minimum absolute atomic E-state index is 0.352. The number of rotatable bonds is 4. The predicted octanol–water partition coefficient (Wildman–Crippen LogP) is 2.17. The molecule has 0 amide bonds. The standard InChI is InChI=1S/C14H23N3/c1-2-17(11-12-7-9-16-10-8-12)14-6-4-3-5-13(14)15/h7-10,13-14H,2-6,11,15H2,1H3. The average Bonchev–Trinajstić information content (AvgIpc) is 2.38. The molecule has 3 nitrogen and oxygen atoms in total. The van der Waals surface area contributed by atoms with E-state index in [0.29, 0.717) is 12.1 Å². The van der Waals surface area contributed by atoms with Gasteiger partial charge in [0, 0.05) is 31.0 Å². The van der Waals surface area contributed by atoms with Gasteiger partial charge in [-0.05, 0) is 37.1 Å². The van der Waals surface area contributed by atoms with Crippen molar-refractivity contribution in [2.75, 3.05) is 6.54 Å². The minimum Gasteiger partial charge on any atom is -0.326 e. The van der Waals surface area contributed by atoms with E-state index in [9.17, 15) is 0 Å². The molecular weight excluding hydrogens is 210 g/mol. The lowest BCUT2D eigenvalue weighted by atomic mass is 9.89. The second-order valence-corrected chi connectivity index (χ2v) is 4.93. The maximum atomic E-state index is 6.26. The van der Waals surface area contributed by atoms with Crippen LogP contribution in [0.2, 0.25) is 0 Å². The zero-order valence-corrected chi connectivity index (χ0v) is 10.7. The molecule has 1 aromatic heterocycles. The lowest BCUT2D eigenvalue weighted by molar-refractivity contribution is 0.136. The minimum atomic E-state index is 0.352. The normalized spacial score (nSPS) is 25.1. The van der Waals surface area contributed by atoms with Crippen molar-refractivity contribution in [2.45, 2.75) is 51.2 Å². The molecule has 2 N–H and O–H groups in total. The molecular formula is C14H23N3. The van der Waals surface area contributed by atoms with Crippen molar-refractivity contribution in [2.24, 2.45) is 5.73 Å². The van der Waals surface area contributed by atoms with E-state index in [1.165, 1.54) is 31.2 Å². The quantitative estimate of drug-likeness (QED) is 0.866. The summed E-state index contributed by atoms with van der Waals surface area (Å²) in [7, 11) is 0. The lowest BCUT2D eigenvalue weighted by Crippen LogP contribution is -2.49. The molecule has 94 valence electrons. The van der Waals surface area contributed by atoms with E-state index >= 15 is 0 Å². The number of nitrogens with two attached hydrogens (primary N) is 1. The van der Waals surface area contributed by atoms with Gasteiger partial charge in [0.1, 0.15) is 0 Å². The monoisotopic (exact) mass is 233 g/mol. The Labute approximate surface area is 104 Å². The largest absolute Gasteiger partial charge is 0.326 e. The smallest absolute Gasteiger partial charge is 0.0271 e. The summed E-state index contributed by atoms with van der Waals surface area (Å²) >= 11 is 0. The van der Waals surface area contributed by atoms with Crippen molar-refractivity contribution in [1.82, 2.24) is 9.88 Å². The summed E-state index contributed by atoms with van der Waals surface area (Å²) in [5.74, 6) is 0. The third kappa shape index (κ3) is 3.27. The number of hydrogen-bond acceptors (Lipinski definition) is 3. The Morgan fingerprint density at radius 2 is 2.00 bits per heavy atom. The van der Waals surface area contributed by atoms with Crippen LogP contribution in [0.25, 0.3) is 0 Å². The molecule has 1 aromatic rings. The van der Waals surface area contributed by atoms with Crippen LogP contribution in [-0.4, -0.2) is 28.5 Å². The van der Waals surface area contributed by atoms with Crippen LogP contribution in [0, 0.1) is 0 Å². The predicted molar refractivity (Wildman–Crippen MR) is 70.6 cm³/mol. The van der Waals surface area contributed by atoms with Crippen LogP contribution in [0.1, 0.15) is 38.2 Å². The summed E-state index contributed by atoms with van der Waals surface area (Å²) in [6, 6.07) is 5.10. The molecule has 0 radical (unpaired) electrons. The highest BCUT2D eigenvalue weighted by molar-refractivity contribution is 5.09. The van der Waals surface area contributed by atoms with Crippen LogP contribution < -0.4 is 5.73 Å². The van der Waals surface area contributed by atoms with Gasteiger partial charge in [-0.1, -0.05) is 19.8 Å². The Bertz CT molecular complexity index is 325. The van der Waals surface area contributed by atoms with E-state index in [-0.39, 0.29) is 0 Å². The van der Waals surface area contributed by atoms with Gasteiger partial charge in [-0.25, -0.2) is 0 Å². The first-order valence-electron chi connectivity index (χ1n) is 6.69. The van der Waals surface area contributed by atoms with Crippen LogP contribution >= 0.6 is 0 Å². The molecule has 1 saturated carbocycles. The molecule has 2 atom stereocenters. The molecule has 2 rings (SSSR count). The fourth-order valence-corrected chi connectivity index (χ4v) is 2.78. The Morgan fingerprint density at radius 3 is 2.65 bits per heavy atom. The third-order valence-electron chi connectivity index (χ3n) is 3.79. The molecule has 0 aliphatic heterocycles. The van der Waals surface area contributed by atoms with Crippen molar-refractivity contribution >= 4 is 0 Å². The number of hydrogen-bond donors (Lipinski definition) is 1. The fraction of sp³-hybridized carbons (Fsp3) is 0.643. The first kappa shape index (κ1) is 12.5. The summed E-state index contributed by atoms with van der Waals surface area (Å²) < 4.78 is 0. The average molecular weight is 233 g/mol. The van der Waals surface area contributed by atoms with Crippen molar-refractivity contribution in [1.29, 1.82) is 0 Å². The van der Waals surface area contributed by atoms with Crippen molar-refractivity contribution in [3.05, 3.63) is 30.1 Å². The molecule has 17 heavy (non-hydrogen) atoms. The molecule has 1 fully saturated rings. The van der Waals surface area contributed by atoms with E-state index in [1.54, 1.807) is 0 Å². The Balaban J connectivity index is 2.00. The molecule has 0 spiro atoms. The van der Waals surface area contributed by atoms with Gasteiger partial charge in [0.05, 0.1) is 0 Å². The maximum absolute atomic E-state index is 6.26. The Kier molecular flexibility index (Phi) is 4.51. The zero-order chi connectivity index (χ0) is 12.1. The third-order valence-corrected chi connectivity index (χ3v) is 3.79. The van der Waals surface area contributed by atoms with E-state index < -0.39 is 0 Å². The summed E-state index contributed by atoms with van der Waals surface area (Å²) in [6.45, 7) is 4.29. The Morgan fingerprint density at radius 1 is 1.29 bits per heavy atom. The molecule has 0 aromatic carbocycles. The van der Waals surface area contributed by atoms with Crippen molar-refractivity contribution < 1.29 is 0 Å². The molecule has 1 aliphatic carbocycles. The second kappa shape index (κ2) is 6.12. The molecule has 3 heteroatoms. The zero-order valence-electron chi connectivity index (χ0n) is 10.7. The summed E-state index contributed by atoms with van der Waals surface area (Å²) in [4.78, 5) is 6.58. The van der Waals surface area contributed by atoms with Crippen LogP contribution in [0.15, 0.2) is 24.5 Å². The highest BCUT2D eigenvalue weighted by atomic mass is 15.2. The van der Waals surface area contributed by atoms with Crippen molar-refractivity contribution in [3.8, 4) is 0 Å². The van der Waals surface area contributed by atoms with Gasteiger partial charge in [0.25, 0.3) is 0 Å². The number of aromatic nitrogens is 1. The fourth-order valence-electron chi connectivity index (χ4n) is 2.78. The first-order chi connectivity index (χ1) is 8.31. The molecule has 0 bridgehead atoms. The van der Waals surface area contributed by atoms with E-state index in [1.807, 2.05) is 12.4 Å². The van der Waals surface area contributed by atoms with Gasteiger partial charge in [-0.2, -0.15) is 0 Å². The molecule has 2 unspecified atom stereocenters. The first-order valence-corrected chi connectivity index (χ1v) is 6.69. The SMILES string of the molecule is CCN(Cc1ccncc1)C1CCCCC1N.